The summed E-state index contributed by atoms with van der Waals surface area (Å²) in [5.74, 6) is 1.17. The molecule has 1 aliphatic heterocycles. The van der Waals surface area contributed by atoms with Gasteiger partial charge in [-0.3, -0.25) is 4.79 Å². The fraction of sp³-hybridized carbons (Fsp3) is 0.346. The van der Waals surface area contributed by atoms with Crippen molar-refractivity contribution in [2.45, 2.75) is 51.0 Å². The summed E-state index contributed by atoms with van der Waals surface area (Å²) in [6.45, 7) is 1.97. The van der Waals surface area contributed by atoms with Crippen molar-refractivity contribution in [3.05, 3.63) is 77.4 Å². The average Bonchev–Trinajstić information content (AvgIpc) is 3.22. The second-order valence-corrected chi connectivity index (χ2v) is 8.55. The highest BCUT2D eigenvalue weighted by Crippen LogP contribution is 2.35. The monoisotopic (exact) mass is 428 g/mol. The van der Waals surface area contributed by atoms with E-state index in [4.69, 9.17) is 4.74 Å². The minimum Gasteiger partial charge on any atom is -0.456 e. The fourth-order valence-corrected chi connectivity index (χ4v) is 4.33. The fourth-order valence-electron chi connectivity index (χ4n) is 4.33. The Morgan fingerprint density at radius 2 is 1.94 bits per heavy atom. The molecule has 1 aliphatic rings. The van der Waals surface area contributed by atoms with E-state index in [-0.39, 0.29) is 5.91 Å². The van der Waals surface area contributed by atoms with Crippen LogP contribution in [0.1, 0.15) is 61.4 Å². The topological polar surface area (TPSA) is 79.9 Å². The second-order valence-electron chi connectivity index (χ2n) is 8.55. The van der Waals surface area contributed by atoms with Gasteiger partial charge in [-0.1, -0.05) is 31.0 Å². The first-order valence-corrected chi connectivity index (χ1v) is 11.1. The molecule has 1 aromatic heterocycles. The Morgan fingerprint density at radius 3 is 2.69 bits per heavy atom. The lowest BCUT2D eigenvalue weighted by atomic mass is 9.87. The van der Waals surface area contributed by atoms with Crippen LogP contribution in [0, 0.1) is 11.3 Å². The zero-order chi connectivity index (χ0) is 22.6. The maximum Gasteiger partial charge on any atom is 0.220 e. The summed E-state index contributed by atoms with van der Waals surface area (Å²) in [6, 6.07) is 15.7. The molecule has 2 aromatic carbocycles. The molecule has 0 fully saturated rings. The van der Waals surface area contributed by atoms with E-state index in [0.717, 1.165) is 43.4 Å². The van der Waals surface area contributed by atoms with E-state index < -0.39 is 5.54 Å². The van der Waals surface area contributed by atoms with Gasteiger partial charge in [-0.2, -0.15) is 5.26 Å². The van der Waals surface area contributed by atoms with Crippen molar-refractivity contribution in [1.29, 1.82) is 5.26 Å². The molecule has 164 valence electrons. The summed E-state index contributed by atoms with van der Waals surface area (Å²) < 4.78 is 8.10. The number of hydrogen-bond acceptors (Lipinski definition) is 4. The van der Waals surface area contributed by atoms with Crippen LogP contribution in [0.15, 0.2) is 55.0 Å². The maximum atomic E-state index is 12.9. The Balaban J connectivity index is 1.82. The van der Waals surface area contributed by atoms with Crippen molar-refractivity contribution in [2.24, 2.45) is 7.05 Å². The Kier molecular flexibility index (Phi) is 6.27. The summed E-state index contributed by atoms with van der Waals surface area (Å²) >= 11 is 0. The van der Waals surface area contributed by atoms with Gasteiger partial charge in [0.2, 0.25) is 5.91 Å². The van der Waals surface area contributed by atoms with E-state index in [1.165, 1.54) is 5.56 Å². The number of ether oxygens (including phenoxy) is 1. The van der Waals surface area contributed by atoms with Crippen LogP contribution in [0.25, 0.3) is 0 Å². The molecular weight excluding hydrogens is 400 g/mol. The lowest BCUT2D eigenvalue weighted by Crippen LogP contribution is -2.45. The number of benzene rings is 2. The number of fused-ring (bicyclic) bond motifs is 4. The molecule has 0 spiro atoms. The summed E-state index contributed by atoms with van der Waals surface area (Å²) in [5.41, 5.74) is 2.50. The lowest BCUT2D eigenvalue weighted by molar-refractivity contribution is -0.122. The lowest BCUT2D eigenvalue weighted by Gasteiger charge is -2.32. The van der Waals surface area contributed by atoms with Gasteiger partial charge < -0.3 is 14.6 Å². The van der Waals surface area contributed by atoms with Crippen LogP contribution in [0.2, 0.25) is 0 Å². The van der Waals surface area contributed by atoms with Crippen molar-refractivity contribution >= 4 is 5.91 Å². The largest absolute Gasteiger partial charge is 0.456 e. The first-order chi connectivity index (χ1) is 15.5. The van der Waals surface area contributed by atoms with Crippen LogP contribution < -0.4 is 10.1 Å². The van der Waals surface area contributed by atoms with Gasteiger partial charge in [0.1, 0.15) is 23.1 Å². The van der Waals surface area contributed by atoms with Crippen molar-refractivity contribution in [3.63, 3.8) is 0 Å². The molecule has 1 amide bonds. The van der Waals surface area contributed by atoms with Crippen molar-refractivity contribution in [2.75, 3.05) is 0 Å². The molecule has 1 N–H and O–H groups in total. The van der Waals surface area contributed by atoms with Gasteiger partial charge in [0.25, 0.3) is 0 Å². The number of aryl methyl sites for hydroxylation is 2. The first kappa shape index (κ1) is 21.6. The molecule has 0 saturated heterocycles. The predicted molar refractivity (Wildman–Crippen MR) is 122 cm³/mol. The van der Waals surface area contributed by atoms with Crippen molar-refractivity contribution < 1.29 is 9.53 Å². The Hall–Kier alpha value is -3.59. The van der Waals surface area contributed by atoms with Gasteiger partial charge in [-0.15, -0.1) is 0 Å². The molecule has 32 heavy (non-hydrogen) atoms. The molecule has 4 rings (SSSR count). The quantitative estimate of drug-likeness (QED) is 0.593. The van der Waals surface area contributed by atoms with Gasteiger partial charge in [0.05, 0.1) is 23.8 Å². The Labute approximate surface area is 188 Å². The van der Waals surface area contributed by atoms with Gasteiger partial charge in [-0.25, -0.2) is 4.98 Å². The van der Waals surface area contributed by atoms with Gasteiger partial charge in [0.15, 0.2) is 0 Å². The molecule has 0 saturated carbocycles. The van der Waals surface area contributed by atoms with E-state index in [9.17, 15) is 10.1 Å². The number of aromatic nitrogens is 2. The van der Waals surface area contributed by atoms with E-state index in [0.29, 0.717) is 23.5 Å². The number of nitrogens with one attached hydrogen (secondary N) is 1. The molecule has 1 unspecified atom stereocenters. The highest BCUT2D eigenvalue weighted by Gasteiger charge is 2.34. The van der Waals surface area contributed by atoms with Crippen LogP contribution >= 0.6 is 0 Å². The summed E-state index contributed by atoms with van der Waals surface area (Å²) in [5, 5.41) is 12.9. The first-order valence-electron chi connectivity index (χ1n) is 11.1. The Bertz CT molecular complexity index is 1160. The number of carbonyl (C=O) groups is 1. The standard InChI is InChI=1S/C26H28N4O2/c1-26(24-17-28-18-30(24)2)21-13-12-20(16-27)23(15-21)32-22-10-7-9-19(14-22)8-5-3-4-6-11-25(31)29-26/h7,9-10,12-15,17-18H,3-6,8,11H2,1-2H3,(H,29,31). The molecule has 6 heteroatoms. The third-order valence-electron chi connectivity index (χ3n) is 6.14. The molecule has 1 atom stereocenters. The van der Waals surface area contributed by atoms with Crippen molar-refractivity contribution in [3.8, 4) is 17.6 Å². The number of amides is 1. The number of carbonyl (C=O) groups excluding carboxylic acids is 1. The normalized spacial score (nSPS) is 19.5. The van der Waals surface area contributed by atoms with Gasteiger partial charge in [0, 0.05) is 13.5 Å². The Morgan fingerprint density at radius 1 is 1.12 bits per heavy atom. The zero-order valence-corrected chi connectivity index (χ0v) is 18.6. The van der Waals surface area contributed by atoms with E-state index in [1.54, 1.807) is 18.6 Å². The number of hydrogen-bond donors (Lipinski definition) is 1. The molecule has 3 aromatic rings. The van der Waals surface area contributed by atoms with E-state index in [1.807, 2.05) is 48.9 Å². The predicted octanol–water partition coefficient (Wildman–Crippen LogP) is 4.97. The van der Waals surface area contributed by atoms with Crippen molar-refractivity contribution in [1.82, 2.24) is 14.9 Å². The highest BCUT2D eigenvalue weighted by molar-refractivity contribution is 5.77. The van der Waals surface area contributed by atoms with Gasteiger partial charge >= 0.3 is 0 Å². The van der Waals surface area contributed by atoms with E-state index in [2.05, 4.69) is 22.4 Å². The second kappa shape index (κ2) is 9.27. The van der Waals surface area contributed by atoms with Crippen LogP contribution in [0.5, 0.6) is 11.5 Å². The molecule has 0 radical (unpaired) electrons. The van der Waals surface area contributed by atoms with Crippen LogP contribution in [-0.4, -0.2) is 15.5 Å². The molecule has 0 aliphatic carbocycles. The van der Waals surface area contributed by atoms with E-state index >= 15 is 0 Å². The third-order valence-corrected chi connectivity index (χ3v) is 6.14. The smallest absolute Gasteiger partial charge is 0.220 e. The SMILES string of the molecule is Cn1cncc1C1(C)NC(=O)CCCCCCc2cccc(c2)Oc2cc1ccc2C#N. The van der Waals surface area contributed by atoms with Crippen LogP contribution in [0.3, 0.4) is 0 Å². The molecular formula is C26H28N4O2. The number of rotatable bonds is 1. The third kappa shape index (κ3) is 4.52. The molecule has 2 heterocycles. The zero-order valence-electron chi connectivity index (χ0n) is 18.6. The maximum absolute atomic E-state index is 12.9. The number of imidazole rings is 1. The molecule has 4 bridgehead atoms. The summed E-state index contributed by atoms with van der Waals surface area (Å²) in [4.78, 5) is 17.2. The van der Waals surface area contributed by atoms with Gasteiger partial charge in [-0.05, 0) is 61.6 Å². The van der Waals surface area contributed by atoms with Crippen LogP contribution in [0.4, 0.5) is 0 Å². The summed E-state index contributed by atoms with van der Waals surface area (Å²) in [6.07, 6.45) is 8.95. The molecule has 6 nitrogen and oxygen atoms in total. The van der Waals surface area contributed by atoms with Crippen LogP contribution in [-0.2, 0) is 23.8 Å². The number of nitrogens with zero attached hydrogens (tertiary/aromatic N) is 3. The summed E-state index contributed by atoms with van der Waals surface area (Å²) in [7, 11) is 1.91. The minimum absolute atomic E-state index is 0.00200. The highest BCUT2D eigenvalue weighted by atomic mass is 16.5. The average molecular weight is 429 g/mol. The minimum atomic E-state index is -0.826. The number of nitriles is 1.